The van der Waals surface area contributed by atoms with Crippen molar-refractivity contribution in [3.05, 3.63) is 16.7 Å². The molecule has 4 atom stereocenters. The van der Waals surface area contributed by atoms with Crippen LogP contribution in [0.25, 0.3) is 11.2 Å². The second kappa shape index (κ2) is 4.88. The number of likely N-dealkylation sites (tertiary alicyclic amines) is 1. The Morgan fingerprint density at radius 1 is 1.67 bits per heavy atom. The number of aromatic nitrogens is 4. The number of imidazole rings is 1. The van der Waals surface area contributed by atoms with Gasteiger partial charge in [0, 0.05) is 0 Å². The second-order valence-electron chi connectivity index (χ2n) is 6.10. The summed E-state index contributed by atoms with van der Waals surface area (Å²) in [6.45, 7) is 2.35. The molecule has 2 aliphatic rings. The zero-order chi connectivity index (χ0) is 17.2. The molecule has 128 valence electrons. The molecule has 0 unspecified atom stereocenters. The molecule has 2 fully saturated rings. The van der Waals surface area contributed by atoms with Crippen molar-refractivity contribution < 1.29 is 9.84 Å². The Bertz CT molecular complexity index is 895. The summed E-state index contributed by atoms with van der Waals surface area (Å²) in [6, 6.07) is -0.484. The van der Waals surface area contributed by atoms with Gasteiger partial charge in [-0.1, -0.05) is 6.92 Å². The van der Waals surface area contributed by atoms with Crippen LogP contribution >= 0.6 is 12.2 Å². The summed E-state index contributed by atoms with van der Waals surface area (Å²) in [5, 5.41) is 10.9. The number of aromatic amines is 1. The Labute approximate surface area is 141 Å². The van der Waals surface area contributed by atoms with E-state index in [9.17, 15) is 9.90 Å². The Morgan fingerprint density at radius 2 is 2.42 bits per heavy atom. The maximum atomic E-state index is 12.0. The molecule has 2 aliphatic heterocycles. The number of hydrogen-bond acceptors (Lipinski definition) is 7. The van der Waals surface area contributed by atoms with Gasteiger partial charge in [0.1, 0.15) is 17.7 Å². The lowest BCUT2D eigenvalue weighted by Gasteiger charge is -2.37. The zero-order valence-corrected chi connectivity index (χ0v) is 13.7. The monoisotopic (exact) mass is 351 g/mol. The number of fused-ring (bicyclic) bond motifs is 3. The first-order chi connectivity index (χ1) is 11.4. The molecular weight excluding hydrogens is 334 g/mol. The number of H-pyrrole nitrogens is 1. The quantitative estimate of drug-likeness (QED) is 0.483. The number of nitrogens with two attached hydrogens (primary N) is 2. The molecule has 4 heterocycles. The minimum absolute atomic E-state index is 0.0191. The van der Waals surface area contributed by atoms with E-state index in [0.717, 1.165) is 0 Å². The lowest BCUT2D eigenvalue weighted by atomic mass is 9.96. The highest BCUT2D eigenvalue weighted by Crippen LogP contribution is 2.48. The van der Waals surface area contributed by atoms with Crippen molar-refractivity contribution in [3.8, 4) is 0 Å². The third-order valence-corrected chi connectivity index (χ3v) is 5.15. The van der Waals surface area contributed by atoms with Crippen molar-refractivity contribution in [1.29, 1.82) is 0 Å². The number of anilines is 1. The summed E-state index contributed by atoms with van der Waals surface area (Å²) in [4.78, 5) is 24.3. The maximum Gasteiger partial charge on any atom is 0.280 e. The van der Waals surface area contributed by atoms with Gasteiger partial charge in [-0.3, -0.25) is 14.3 Å². The van der Waals surface area contributed by atoms with Gasteiger partial charge in [-0.05, 0) is 18.6 Å². The average Bonchev–Trinajstić information content (AvgIpc) is 3.16. The fraction of sp³-hybridized carbons (Fsp3) is 0.538. The van der Waals surface area contributed by atoms with Crippen LogP contribution in [0.5, 0.6) is 0 Å². The van der Waals surface area contributed by atoms with Crippen molar-refractivity contribution in [3.63, 3.8) is 0 Å². The van der Waals surface area contributed by atoms with E-state index in [1.165, 1.54) is 6.33 Å². The van der Waals surface area contributed by atoms with Crippen LogP contribution in [0.2, 0.25) is 0 Å². The third-order valence-electron chi connectivity index (χ3n) is 4.91. The summed E-state index contributed by atoms with van der Waals surface area (Å²) >= 11 is 5.11. The summed E-state index contributed by atoms with van der Waals surface area (Å²) < 4.78 is 7.74. The Balaban J connectivity index is 1.86. The van der Waals surface area contributed by atoms with Crippen LogP contribution in [-0.4, -0.2) is 58.9 Å². The second-order valence-corrected chi connectivity index (χ2v) is 6.52. The lowest BCUT2D eigenvalue weighted by Crippen LogP contribution is -2.50. The smallest absolute Gasteiger partial charge is 0.280 e. The van der Waals surface area contributed by atoms with Gasteiger partial charge in [-0.15, -0.1) is 0 Å². The van der Waals surface area contributed by atoms with E-state index in [-0.39, 0.29) is 22.2 Å². The Kier molecular flexibility index (Phi) is 3.11. The molecule has 0 aliphatic carbocycles. The molecule has 11 heteroatoms. The number of nitrogens with zero attached hydrogens (tertiary/aromatic N) is 4. The van der Waals surface area contributed by atoms with E-state index in [1.54, 1.807) is 9.47 Å². The number of morpholine rings is 1. The van der Waals surface area contributed by atoms with Gasteiger partial charge in [0.25, 0.3) is 5.56 Å². The van der Waals surface area contributed by atoms with Gasteiger partial charge in [0.05, 0.1) is 12.9 Å². The van der Waals surface area contributed by atoms with Crippen molar-refractivity contribution >= 4 is 34.4 Å². The highest BCUT2D eigenvalue weighted by molar-refractivity contribution is 7.80. The predicted octanol–water partition coefficient (Wildman–Crippen LogP) is -1.33. The molecule has 0 saturated carbocycles. The van der Waals surface area contributed by atoms with E-state index in [4.69, 9.17) is 28.4 Å². The molecular formula is C13H17N7O3S. The van der Waals surface area contributed by atoms with Gasteiger partial charge >= 0.3 is 0 Å². The number of hydrogen-bond donors (Lipinski definition) is 4. The van der Waals surface area contributed by atoms with Crippen LogP contribution in [0.15, 0.2) is 11.1 Å². The zero-order valence-electron chi connectivity index (χ0n) is 12.8. The van der Waals surface area contributed by atoms with Gasteiger partial charge in [0.2, 0.25) is 5.95 Å². The summed E-state index contributed by atoms with van der Waals surface area (Å²) in [5.74, 6) is -0.0191. The molecule has 4 rings (SSSR count). The molecule has 2 aromatic rings. The summed E-state index contributed by atoms with van der Waals surface area (Å²) in [5.41, 5.74) is 10.7. The Hall–Kier alpha value is -2.24. The molecule has 2 bridgehead atoms. The topological polar surface area (TPSA) is 148 Å². The maximum absolute atomic E-state index is 12.0. The minimum atomic E-state index is -0.776. The van der Waals surface area contributed by atoms with Crippen LogP contribution in [0.3, 0.4) is 0 Å². The molecule has 0 radical (unpaired) electrons. The number of nitrogen functional groups attached to an aromatic ring is 1. The number of nitrogens with one attached hydrogen (secondary N) is 1. The molecule has 0 spiro atoms. The number of rotatable bonds is 2. The van der Waals surface area contributed by atoms with Crippen molar-refractivity contribution in [1.82, 2.24) is 24.4 Å². The van der Waals surface area contributed by atoms with Crippen molar-refractivity contribution in [2.24, 2.45) is 5.73 Å². The van der Waals surface area contributed by atoms with E-state index >= 15 is 0 Å². The number of thiocarbonyl (C=S) groups is 1. The van der Waals surface area contributed by atoms with Crippen molar-refractivity contribution in [2.75, 3.05) is 12.3 Å². The molecule has 0 aromatic carbocycles. The van der Waals surface area contributed by atoms with E-state index < -0.39 is 29.5 Å². The average molecular weight is 351 g/mol. The van der Waals surface area contributed by atoms with E-state index in [2.05, 4.69) is 15.0 Å². The van der Waals surface area contributed by atoms with Crippen LogP contribution in [0.1, 0.15) is 19.6 Å². The highest BCUT2D eigenvalue weighted by Gasteiger charge is 2.63. The van der Waals surface area contributed by atoms with Crippen LogP contribution < -0.4 is 17.0 Å². The normalized spacial score (nSPS) is 31.9. The van der Waals surface area contributed by atoms with Crippen LogP contribution in [-0.2, 0) is 4.74 Å². The van der Waals surface area contributed by atoms with Gasteiger partial charge in [-0.2, -0.15) is 4.98 Å². The molecule has 2 saturated heterocycles. The third kappa shape index (κ3) is 1.82. The predicted molar refractivity (Wildman–Crippen MR) is 89.0 cm³/mol. The number of aliphatic hydroxyl groups is 1. The van der Waals surface area contributed by atoms with Crippen molar-refractivity contribution in [2.45, 2.75) is 37.3 Å². The first-order valence-corrected chi connectivity index (χ1v) is 7.93. The van der Waals surface area contributed by atoms with E-state index in [1.807, 2.05) is 6.92 Å². The molecule has 24 heavy (non-hydrogen) atoms. The SMILES string of the molecule is CC[C@@]12CN(C(N)=S)[C@@H]([C@H](n3cnc4c(=O)[nH]c(N)nc43)O1)[C@@H]2O. The van der Waals surface area contributed by atoms with E-state index in [0.29, 0.717) is 13.0 Å². The van der Waals surface area contributed by atoms with Gasteiger partial charge < -0.3 is 26.2 Å². The summed E-state index contributed by atoms with van der Waals surface area (Å²) in [7, 11) is 0. The lowest BCUT2D eigenvalue weighted by molar-refractivity contribution is -0.125. The fourth-order valence-electron chi connectivity index (χ4n) is 3.68. The highest BCUT2D eigenvalue weighted by atomic mass is 32.1. The van der Waals surface area contributed by atoms with Gasteiger partial charge in [0.15, 0.2) is 22.5 Å². The molecule has 2 aromatic heterocycles. The largest absolute Gasteiger partial charge is 0.388 e. The molecule has 10 nitrogen and oxygen atoms in total. The fourth-order valence-corrected chi connectivity index (χ4v) is 3.86. The Morgan fingerprint density at radius 3 is 3.04 bits per heavy atom. The minimum Gasteiger partial charge on any atom is -0.388 e. The first kappa shape index (κ1) is 15.3. The standard InChI is InChI=1S/C13H17N7O3S/c1-2-13-3-19(12(15)24)6(7(13)21)10(23-13)20-4-16-5-8(20)17-11(14)18-9(5)22/h4,6-7,10,21H,2-3H2,1H3,(H2,15,24)(H3,14,17,18,22)/t6-,7+,10-,13+/m1/s1. The van der Waals surface area contributed by atoms with Crippen LogP contribution in [0.4, 0.5) is 5.95 Å². The number of ether oxygens (including phenoxy) is 1. The first-order valence-electron chi connectivity index (χ1n) is 7.52. The van der Waals surface area contributed by atoms with Crippen LogP contribution in [0, 0.1) is 0 Å². The molecule has 6 N–H and O–H groups in total. The van der Waals surface area contributed by atoms with Gasteiger partial charge in [-0.25, -0.2) is 4.98 Å². The summed E-state index contributed by atoms with van der Waals surface area (Å²) in [6.07, 6.45) is 0.633. The molecule has 0 amide bonds. The number of aliphatic hydroxyl groups excluding tert-OH is 1.